The number of anilines is 2. The fraction of sp³-hybridized carbons (Fsp3) is 0.333. The quantitative estimate of drug-likeness (QED) is 0.172. The van der Waals surface area contributed by atoms with Gasteiger partial charge >= 0.3 is 5.69 Å². The Labute approximate surface area is 308 Å². The first-order valence-corrected chi connectivity index (χ1v) is 19.3. The summed E-state index contributed by atoms with van der Waals surface area (Å²) in [5, 5.41) is 13.8. The summed E-state index contributed by atoms with van der Waals surface area (Å²) in [4.78, 5) is 48.4. The van der Waals surface area contributed by atoms with Gasteiger partial charge in [-0.15, -0.1) is 0 Å². The molecule has 1 unspecified atom stereocenters. The molecule has 278 valence electrons. The van der Waals surface area contributed by atoms with Crippen molar-refractivity contribution in [1.82, 2.24) is 29.4 Å². The second kappa shape index (κ2) is 15.0. The fourth-order valence-corrected chi connectivity index (χ4v) is 7.35. The molecular weight excluding hydrogens is 730 g/mol. The monoisotopic (exact) mass is 766 g/mol. The number of piperazine rings is 1. The Morgan fingerprint density at radius 3 is 2.53 bits per heavy atom. The molecule has 0 bridgehead atoms. The number of phenols is 1. The van der Waals surface area contributed by atoms with Gasteiger partial charge in [0, 0.05) is 67.8 Å². The second-order valence-corrected chi connectivity index (χ2v) is 15.5. The Kier molecular flexibility index (Phi) is 10.6. The maximum atomic E-state index is 16.2. The van der Waals surface area contributed by atoms with Crippen molar-refractivity contribution in [3.8, 4) is 22.7 Å². The number of aromatic hydroxyl groups is 1. The van der Waals surface area contributed by atoms with Gasteiger partial charge in [-0.1, -0.05) is 26.8 Å². The van der Waals surface area contributed by atoms with Gasteiger partial charge < -0.3 is 20.2 Å². The molecule has 1 atom stereocenters. The summed E-state index contributed by atoms with van der Waals surface area (Å²) in [5.74, 6) is -2.28. The lowest BCUT2D eigenvalue weighted by Crippen LogP contribution is -2.56. The van der Waals surface area contributed by atoms with Gasteiger partial charge in [-0.2, -0.15) is 4.98 Å². The van der Waals surface area contributed by atoms with Crippen molar-refractivity contribution < 1.29 is 27.1 Å². The number of aromatic nitrogens is 5. The number of rotatable bonds is 10. The summed E-state index contributed by atoms with van der Waals surface area (Å²) in [5.41, 5.74) is -0.139. The predicted octanol–water partition coefficient (Wildman–Crippen LogP) is 5.51. The van der Waals surface area contributed by atoms with E-state index < -0.39 is 49.4 Å². The van der Waals surface area contributed by atoms with E-state index in [2.05, 4.69) is 25.3 Å². The lowest BCUT2D eigenvalue weighted by Gasteiger charge is -2.42. The first-order chi connectivity index (χ1) is 25.2. The van der Waals surface area contributed by atoms with Gasteiger partial charge in [-0.25, -0.2) is 36.5 Å². The number of hydrogen-bond acceptors (Lipinski definition) is 11. The summed E-state index contributed by atoms with van der Waals surface area (Å²) in [6, 6.07) is 8.52. The van der Waals surface area contributed by atoms with Crippen LogP contribution in [-0.2, 0) is 13.8 Å². The van der Waals surface area contributed by atoms with E-state index in [4.69, 9.17) is 10.7 Å². The second-order valence-electron chi connectivity index (χ2n) is 13.0. The molecule has 4 aromatic heterocycles. The number of phenolic OH excluding ortho intramolecular Hbond substituents is 1. The van der Waals surface area contributed by atoms with E-state index in [1.54, 1.807) is 31.0 Å². The number of carbonyl (C=O) groups is 1. The van der Waals surface area contributed by atoms with Crippen LogP contribution < -0.4 is 15.9 Å². The molecule has 5 aromatic rings. The first kappa shape index (κ1) is 37.5. The van der Waals surface area contributed by atoms with Gasteiger partial charge in [0.15, 0.2) is 11.5 Å². The van der Waals surface area contributed by atoms with Crippen molar-refractivity contribution in [2.24, 2.45) is 0 Å². The third-order valence-corrected chi connectivity index (χ3v) is 10.5. The molecule has 53 heavy (non-hydrogen) atoms. The average Bonchev–Trinajstić information content (AvgIpc) is 3.11. The van der Waals surface area contributed by atoms with E-state index in [1.807, 2.05) is 18.7 Å². The molecule has 1 aliphatic rings. The van der Waals surface area contributed by atoms with E-state index in [0.29, 0.717) is 23.4 Å². The maximum absolute atomic E-state index is 16.2. The highest BCUT2D eigenvalue weighted by atomic mass is 35.7. The largest absolute Gasteiger partial charge is 0.507 e. The minimum absolute atomic E-state index is 0.0377. The fourth-order valence-electron chi connectivity index (χ4n) is 6.59. The third-order valence-electron chi connectivity index (χ3n) is 9.16. The topological polar surface area (TPSA) is 164 Å². The minimum Gasteiger partial charge on any atom is -0.507 e. The van der Waals surface area contributed by atoms with Crippen LogP contribution in [0.15, 0.2) is 64.5 Å². The van der Waals surface area contributed by atoms with Crippen LogP contribution in [0.1, 0.15) is 50.8 Å². The van der Waals surface area contributed by atoms with Crippen LogP contribution in [-0.4, -0.2) is 81.1 Å². The van der Waals surface area contributed by atoms with Gasteiger partial charge in [0.05, 0.1) is 27.2 Å². The molecule has 1 amide bonds. The van der Waals surface area contributed by atoms with Crippen molar-refractivity contribution in [1.29, 1.82) is 0 Å². The SMILES string of the molecule is CCC(=O)N1CCN(c2nc(=O)n(-c3c(C)ccnc3C(C)C)c3nc(-c4c(O)cccc4F)c(F)cc23)C(CCNc2cc(S(=O)(=O)Cl)ccn2)C1. The Morgan fingerprint density at radius 1 is 1.08 bits per heavy atom. The molecule has 1 aliphatic heterocycles. The number of pyridine rings is 3. The number of nitrogens with zero attached hydrogens (tertiary/aromatic N) is 7. The molecule has 17 heteroatoms. The molecule has 0 aliphatic carbocycles. The number of hydrogen-bond donors (Lipinski definition) is 2. The first-order valence-electron chi connectivity index (χ1n) is 17.0. The third kappa shape index (κ3) is 7.51. The van der Waals surface area contributed by atoms with Crippen LogP contribution in [0.3, 0.4) is 0 Å². The minimum atomic E-state index is -4.00. The number of carbonyl (C=O) groups excluding carboxylic acids is 1. The normalized spacial score (nSPS) is 15.0. The Bertz CT molecular complexity index is 2370. The maximum Gasteiger partial charge on any atom is 0.355 e. The van der Waals surface area contributed by atoms with E-state index in [-0.39, 0.29) is 72.0 Å². The molecule has 0 spiro atoms. The number of halogens is 3. The zero-order valence-electron chi connectivity index (χ0n) is 29.3. The van der Waals surface area contributed by atoms with Crippen molar-refractivity contribution in [2.75, 3.05) is 36.4 Å². The Hall–Kier alpha value is -5.22. The van der Waals surface area contributed by atoms with Crippen LogP contribution in [0.25, 0.3) is 28.0 Å². The number of benzene rings is 1. The molecule has 1 aromatic carbocycles. The standard InChI is InChI=1S/C36H37ClF2N8O5S/c1-5-29(49)45-15-16-46(22(19-45)10-13-40-28-17-23(11-14-41-28)53(37,51)52)34-24-18-26(39)32(30-25(38)7-6-8-27(30)48)43-35(24)47(36(50)44-34)33-21(4)9-12-42-31(33)20(2)3/h6-9,11-12,14,17-18,20,22,48H,5,10,13,15-16,19H2,1-4H3,(H,40,41). The molecule has 2 N–H and O–H groups in total. The molecule has 13 nitrogen and oxygen atoms in total. The van der Waals surface area contributed by atoms with Crippen molar-refractivity contribution in [3.63, 3.8) is 0 Å². The van der Waals surface area contributed by atoms with Crippen molar-refractivity contribution >= 4 is 48.3 Å². The smallest absolute Gasteiger partial charge is 0.355 e. The van der Waals surface area contributed by atoms with Gasteiger partial charge in [0.1, 0.15) is 28.9 Å². The van der Waals surface area contributed by atoms with Crippen LogP contribution in [0.5, 0.6) is 5.75 Å². The molecule has 0 radical (unpaired) electrons. The lowest BCUT2D eigenvalue weighted by molar-refractivity contribution is -0.131. The zero-order chi connectivity index (χ0) is 38.2. The highest BCUT2D eigenvalue weighted by Gasteiger charge is 2.33. The summed E-state index contributed by atoms with van der Waals surface area (Å²) < 4.78 is 56.4. The van der Waals surface area contributed by atoms with Crippen molar-refractivity contribution in [2.45, 2.75) is 57.4 Å². The number of amides is 1. The highest BCUT2D eigenvalue weighted by Crippen LogP contribution is 2.37. The summed E-state index contributed by atoms with van der Waals surface area (Å²) >= 11 is 0. The van der Waals surface area contributed by atoms with Crippen LogP contribution in [0.2, 0.25) is 0 Å². The van der Waals surface area contributed by atoms with Crippen molar-refractivity contribution in [3.05, 3.63) is 88.2 Å². The summed E-state index contributed by atoms with van der Waals surface area (Å²) in [6.07, 6.45) is 3.54. The predicted molar refractivity (Wildman–Crippen MR) is 197 cm³/mol. The summed E-state index contributed by atoms with van der Waals surface area (Å²) in [7, 11) is 1.52. The number of fused-ring (bicyclic) bond motifs is 1. The van der Waals surface area contributed by atoms with E-state index in [1.165, 1.54) is 35.0 Å². The van der Waals surface area contributed by atoms with Gasteiger partial charge in [-0.05, 0) is 55.2 Å². The summed E-state index contributed by atoms with van der Waals surface area (Å²) in [6.45, 7) is 8.37. The molecule has 1 saturated heterocycles. The Morgan fingerprint density at radius 2 is 1.83 bits per heavy atom. The molecular formula is C36H37ClF2N8O5S. The van der Waals surface area contributed by atoms with Gasteiger partial charge in [-0.3, -0.25) is 9.78 Å². The highest BCUT2D eigenvalue weighted by molar-refractivity contribution is 8.13. The van der Waals surface area contributed by atoms with Gasteiger partial charge in [0.25, 0.3) is 9.05 Å². The lowest BCUT2D eigenvalue weighted by atomic mass is 10.0. The van der Waals surface area contributed by atoms with Crippen LogP contribution >= 0.6 is 10.7 Å². The number of nitrogens with one attached hydrogen (secondary N) is 1. The molecule has 0 saturated carbocycles. The van der Waals surface area contributed by atoms with Crippen LogP contribution in [0, 0.1) is 18.6 Å². The van der Waals surface area contributed by atoms with E-state index in [0.717, 1.165) is 12.1 Å². The zero-order valence-corrected chi connectivity index (χ0v) is 30.9. The Balaban J connectivity index is 1.52. The number of aryl methyl sites for hydroxylation is 1. The van der Waals surface area contributed by atoms with Gasteiger partial charge in [0.2, 0.25) is 5.91 Å². The molecule has 1 fully saturated rings. The van der Waals surface area contributed by atoms with Crippen LogP contribution in [0.4, 0.5) is 20.4 Å². The molecule has 6 rings (SSSR count). The van der Waals surface area contributed by atoms with E-state index in [9.17, 15) is 23.1 Å². The average molecular weight is 767 g/mol. The van der Waals surface area contributed by atoms with E-state index >= 15 is 8.78 Å². The molecule has 5 heterocycles.